The molecule has 3 aromatic rings. The van der Waals surface area contributed by atoms with Crippen LogP contribution in [0.2, 0.25) is 5.02 Å². The minimum atomic E-state index is -0.533. The third kappa shape index (κ3) is 4.81. The molecule has 0 spiro atoms. The Kier molecular flexibility index (Phi) is 5.87. The molecule has 0 saturated carbocycles. The lowest BCUT2D eigenvalue weighted by Gasteiger charge is -2.30. The smallest absolute Gasteiger partial charge is 0.241 e. The van der Waals surface area contributed by atoms with Gasteiger partial charge in [-0.15, -0.1) is 0 Å². The van der Waals surface area contributed by atoms with Crippen molar-refractivity contribution < 1.29 is 13.7 Å². The summed E-state index contributed by atoms with van der Waals surface area (Å²) in [4.78, 5) is 19.1. The number of anilines is 1. The van der Waals surface area contributed by atoms with Crippen molar-refractivity contribution in [2.45, 2.75) is 19.4 Å². The Morgan fingerprint density at radius 3 is 2.69 bits per heavy atom. The zero-order chi connectivity index (χ0) is 20.2. The van der Waals surface area contributed by atoms with Gasteiger partial charge in [-0.3, -0.25) is 9.69 Å². The van der Waals surface area contributed by atoms with Gasteiger partial charge in [0.15, 0.2) is 0 Å². The highest BCUT2D eigenvalue weighted by Gasteiger charge is 2.26. The number of amides is 1. The fourth-order valence-corrected chi connectivity index (χ4v) is 3.55. The summed E-state index contributed by atoms with van der Waals surface area (Å²) in [6, 6.07) is 13.9. The quantitative estimate of drug-likeness (QED) is 0.670. The largest absolute Gasteiger partial charge is 0.338 e. The molecule has 6 nitrogen and oxygen atoms in total. The van der Waals surface area contributed by atoms with E-state index in [9.17, 15) is 9.18 Å². The van der Waals surface area contributed by atoms with E-state index in [0.717, 1.165) is 18.7 Å². The molecule has 0 unspecified atom stereocenters. The monoisotopic (exact) mass is 414 g/mol. The van der Waals surface area contributed by atoms with Gasteiger partial charge in [0.05, 0.1) is 12.2 Å². The fourth-order valence-electron chi connectivity index (χ4n) is 3.39. The van der Waals surface area contributed by atoms with E-state index in [1.165, 1.54) is 12.1 Å². The predicted molar refractivity (Wildman–Crippen MR) is 108 cm³/mol. The third-order valence-electron chi connectivity index (χ3n) is 5.01. The van der Waals surface area contributed by atoms with Gasteiger partial charge in [-0.05, 0) is 44.1 Å². The van der Waals surface area contributed by atoms with Gasteiger partial charge in [-0.1, -0.05) is 47.1 Å². The highest BCUT2D eigenvalue weighted by molar-refractivity contribution is 6.30. The van der Waals surface area contributed by atoms with Gasteiger partial charge in [-0.2, -0.15) is 4.98 Å². The lowest BCUT2D eigenvalue weighted by molar-refractivity contribution is -0.121. The summed E-state index contributed by atoms with van der Waals surface area (Å²) in [5, 5.41) is 6.99. The van der Waals surface area contributed by atoms with Crippen molar-refractivity contribution in [3.8, 4) is 11.4 Å². The van der Waals surface area contributed by atoms with E-state index >= 15 is 0 Å². The number of hydrogen-bond donors (Lipinski definition) is 1. The van der Waals surface area contributed by atoms with Crippen molar-refractivity contribution >= 4 is 23.2 Å². The Balaban J connectivity index is 1.29. The van der Waals surface area contributed by atoms with Crippen LogP contribution in [-0.4, -0.2) is 34.0 Å². The molecule has 1 amide bonds. The van der Waals surface area contributed by atoms with Gasteiger partial charge in [0, 0.05) is 16.5 Å². The molecule has 2 heterocycles. The molecule has 0 bridgehead atoms. The number of piperidine rings is 1. The molecule has 1 aliphatic rings. The second kappa shape index (κ2) is 8.71. The van der Waals surface area contributed by atoms with Gasteiger partial charge in [0.2, 0.25) is 17.6 Å². The number of hydrogen-bond acceptors (Lipinski definition) is 5. The third-order valence-corrected chi connectivity index (χ3v) is 5.24. The molecule has 2 aromatic carbocycles. The molecule has 1 saturated heterocycles. The van der Waals surface area contributed by atoms with E-state index in [-0.39, 0.29) is 17.5 Å². The average Bonchev–Trinajstić information content (AvgIpc) is 3.20. The molecule has 0 atom stereocenters. The highest BCUT2D eigenvalue weighted by atomic mass is 35.5. The van der Waals surface area contributed by atoms with Crippen LogP contribution in [-0.2, 0) is 11.3 Å². The second-order valence-electron chi connectivity index (χ2n) is 7.04. The van der Waals surface area contributed by atoms with Crippen LogP contribution in [0.1, 0.15) is 18.7 Å². The predicted octanol–water partition coefficient (Wildman–Crippen LogP) is 4.38. The minimum absolute atomic E-state index is 0.154. The van der Waals surface area contributed by atoms with E-state index in [1.54, 1.807) is 6.07 Å². The molecule has 4 rings (SSSR count). The standard InChI is InChI=1S/C21H20ClFN4O2/c22-16-6-7-18(17(23)12-16)24-21(28)15-8-10-27(11-9-15)13-19-25-20(26-29-19)14-4-2-1-3-5-14/h1-7,12,15H,8-11,13H2,(H,24,28). The van der Waals surface area contributed by atoms with Crippen LogP contribution in [0, 0.1) is 11.7 Å². The first-order valence-corrected chi connectivity index (χ1v) is 9.82. The number of nitrogens with zero attached hydrogens (tertiary/aromatic N) is 3. The van der Waals surface area contributed by atoms with Crippen LogP contribution in [0.5, 0.6) is 0 Å². The molecule has 0 radical (unpaired) electrons. The zero-order valence-electron chi connectivity index (χ0n) is 15.6. The lowest BCUT2D eigenvalue weighted by atomic mass is 9.96. The number of carbonyl (C=O) groups excluding carboxylic acids is 1. The number of carbonyl (C=O) groups is 1. The van der Waals surface area contributed by atoms with Crippen molar-refractivity contribution in [3.63, 3.8) is 0 Å². The van der Waals surface area contributed by atoms with Crippen LogP contribution in [0.3, 0.4) is 0 Å². The summed E-state index contributed by atoms with van der Waals surface area (Å²) in [7, 11) is 0. The van der Waals surface area contributed by atoms with Gasteiger partial charge in [0.1, 0.15) is 5.82 Å². The number of nitrogens with one attached hydrogen (secondary N) is 1. The molecule has 150 valence electrons. The van der Waals surface area contributed by atoms with E-state index in [0.29, 0.717) is 36.1 Å². The van der Waals surface area contributed by atoms with Crippen LogP contribution in [0.15, 0.2) is 53.1 Å². The van der Waals surface area contributed by atoms with Crippen LogP contribution < -0.4 is 5.32 Å². The maximum absolute atomic E-state index is 13.9. The number of halogens is 2. The van der Waals surface area contributed by atoms with Crippen molar-refractivity contribution in [2.24, 2.45) is 5.92 Å². The van der Waals surface area contributed by atoms with Crippen molar-refractivity contribution in [2.75, 3.05) is 18.4 Å². The number of aromatic nitrogens is 2. The van der Waals surface area contributed by atoms with Crippen molar-refractivity contribution in [3.05, 3.63) is 65.3 Å². The van der Waals surface area contributed by atoms with Gasteiger partial charge < -0.3 is 9.84 Å². The maximum Gasteiger partial charge on any atom is 0.241 e. The lowest BCUT2D eigenvalue weighted by Crippen LogP contribution is -2.37. The van der Waals surface area contributed by atoms with E-state index in [4.69, 9.17) is 16.1 Å². The maximum atomic E-state index is 13.9. The Labute approximate surface area is 172 Å². The van der Waals surface area contributed by atoms with E-state index in [2.05, 4.69) is 20.4 Å². The van der Waals surface area contributed by atoms with Gasteiger partial charge in [-0.25, -0.2) is 4.39 Å². The SMILES string of the molecule is O=C(Nc1ccc(Cl)cc1F)C1CCN(Cc2nc(-c3ccccc3)no2)CC1. The van der Waals surface area contributed by atoms with E-state index < -0.39 is 5.82 Å². The normalized spacial score (nSPS) is 15.4. The molecule has 1 fully saturated rings. The summed E-state index contributed by atoms with van der Waals surface area (Å²) in [6.45, 7) is 1.99. The molecular formula is C21H20ClFN4O2. The summed E-state index contributed by atoms with van der Waals surface area (Å²) in [5.74, 6) is 0.252. The number of likely N-dealkylation sites (tertiary alicyclic amines) is 1. The molecule has 1 aromatic heterocycles. The Morgan fingerprint density at radius 1 is 1.21 bits per heavy atom. The topological polar surface area (TPSA) is 71.3 Å². The number of benzene rings is 2. The van der Waals surface area contributed by atoms with Crippen LogP contribution >= 0.6 is 11.6 Å². The molecule has 29 heavy (non-hydrogen) atoms. The minimum Gasteiger partial charge on any atom is -0.338 e. The van der Waals surface area contributed by atoms with E-state index in [1.807, 2.05) is 30.3 Å². The zero-order valence-corrected chi connectivity index (χ0v) is 16.4. The molecule has 8 heteroatoms. The number of rotatable bonds is 5. The Hall–Kier alpha value is -2.77. The first-order valence-electron chi connectivity index (χ1n) is 9.45. The first-order chi connectivity index (χ1) is 14.1. The second-order valence-corrected chi connectivity index (χ2v) is 7.48. The molecule has 1 aliphatic heterocycles. The van der Waals surface area contributed by atoms with Gasteiger partial charge in [0.25, 0.3) is 0 Å². The van der Waals surface area contributed by atoms with Crippen molar-refractivity contribution in [1.82, 2.24) is 15.0 Å². The summed E-state index contributed by atoms with van der Waals surface area (Å²) < 4.78 is 19.2. The summed E-state index contributed by atoms with van der Waals surface area (Å²) in [5.41, 5.74) is 1.06. The summed E-state index contributed by atoms with van der Waals surface area (Å²) >= 11 is 5.75. The Bertz CT molecular complexity index is 987. The molecular weight excluding hydrogens is 395 g/mol. The summed E-state index contributed by atoms with van der Waals surface area (Å²) in [6.07, 6.45) is 1.36. The van der Waals surface area contributed by atoms with Crippen LogP contribution in [0.4, 0.5) is 10.1 Å². The van der Waals surface area contributed by atoms with Crippen LogP contribution in [0.25, 0.3) is 11.4 Å². The Morgan fingerprint density at radius 2 is 1.97 bits per heavy atom. The van der Waals surface area contributed by atoms with Crippen molar-refractivity contribution in [1.29, 1.82) is 0 Å². The average molecular weight is 415 g/mol. The molecule has 0 aliphatic carbocycles. The fraction of sp³-hybridized carbons (Fsp3) is 0.286. The molecule has 1 N–H and O–H groups in total. The first kappa shape index (κ1) is 19.5. The highest BCUT2D eigenvalue weighted by Crippen LogP contribution is 2.24. The van der Waals surface area contributed by atoms with Gasteiger partial charge >= 0.3 is 0 Å².